The molecule has 4 nitrogen and oxygen atoms in total. The minimum atomic E-state index is -0.556. The third-order valence-corrected chi connectivity index (χ3v) is 3.41. The van der Waals surface area contributed by atoms with Crippen LogP contribution in [0.15, 0.2) is 54.6 Å². The molecule has 1 amide bonds. The third-order valence-electron chi connectivity index (χ3n) is 3.41. The highest BCUT2D eigenvalue weighted by Gasteiger charge is 2.19. The van der Waals surface area contributed by atoms with Crippen molar-refractivity contribution >= 4 is 11.6 Å². The van der Waals surface area contributed by atoms with Gasteiger partial charge in [0.25, 0.3) is 0 Å². The molecule has 0 fully saturated rings. The second kappa shape index (κ2) is 6.90. The van der Waals surface area contributed by atoms with Gasteiger partial charge < -0.3 is 15.4 Å². The molecule has 2 N–H and O–H groups in total. The first-order valence-electron chi connectivity index (χ1n) is 6.83. The topological polar surface area (TPSA) is 55.6 Å². The Hall–Kier alpha value is -2.33. The zero-order chi connectivity index (χ0) is 15.2. The highest BCUT2D eigenvalue weighted by atomic mass is 16.5. The van der Waals surface area contributed by atoms with Crippen molar-refractivity contribution in [3.05, 3.63) is 60.2 Å². The number of hydrogen-bond acceptors (Lipinski definition) is 3. The maximum atomic E-state index is 12.4. The average molecular weight is 284 g/mol. The lowest BCUT2D eigenvalue weighted by molar-refractivity contribution is -0.119. The quantitative estimate of drug-likeness (QED) is 0.916. The second-order valence-corrected chi connectivity index (χ2v) is 4.89. The van der Waals surface area contributed by atoms with Crippen LogP contribution >= 0.6 is 0 Å². The fourth-order valence-electron chi connectivity index (χ4n) is 2.14. The van der Waals surface area contributed by atoms with Crippen molar-refractivity contribution in [1.29, 1.82) is 0 Å². The predicted molar refractivity (Wildman–Crippen MR) is 84.5 cm³/mol. The summed E-state index contributed by atoms with van der Waals surface area (Å²) in [6, 6.07) is 16.5. The van der Waals surface area contributed by atoms with Crippen molar-refractivity contribution in [3.63, 3.8) is 0 Å². The van der Waals surface area contributed by atoms with E-state index >= 15 is 0 Å². The van der Waals surface area contributed by atoms with Gasteiger partial charge >= 0.3 is 0 Å². The maximum absolute atomic E-state index is 12.4. The van der Waals surface area contributed by atoms with Gasteiger partial charge in [0.05, 0.1) is 13.2 Å². The summed E-state index contributed by atoms with van der Waals surface area (Å²) in [7, 11) is 3.34. The molecule has 0 radical (unpaired) electrons. The largest absolute Gasteiger partial charge is 0.497 e. The van der Waals surface area contributed by atoms with Gasteiger partial charge in [0.2, 0.25) is 5.91 Å². The first-order valence-corrected chi connectivity index (χ1v) is 6.83. The molecule has 2 rings (SSSR count). The lowest BCUT2D eigenvalue weighted by Gasteiger charge is -2.21. The summed E-state index contributed by atoms with van der Waals surface area (Å²) in [5.74, 6) is 0.650. The van der Waals surface area contributed by atoms with E-state index in [0.29, 0.717) is 6.42 Å². The van der Waals surface area contributed by atoms with Crippen LogP contribution in [-0.2, 0) is 11.2 Å². The van der Waals surface area contributed by atoms with Crippen LogP contribution in [0.4, 0.5) is 5.69 Å². The average Bonchev–Trinajstić information content (AvgIpc) is 2.54. The highest BCUT2D eigenvalue weighted by molar-refractivity contribution is 5.96. The Labute approximate surface area is 125 Å². The van der Waals surface area contributed by atoms with Crippen molar-refractivity contribution in [2.75, 3.05) is 19.1 Å². The van der Waals surface area contributed by atoms with Gasteiger partial charge in [-0.05, 0) is 36.2 Å². The molecule has 4 heteroatoms. The molecule has 0 aliphatic carbocycles. The molecule has 2 aromatic carbocycles. The van der Waals surface area contributed by atoms with E-state index in [0.717, 1.165) is 17.0 Å². The first kappa shape index (κ1) is 15.1. The predicted octanol–water partition coefficient (Wildman–Crippen LogP) is 2.23. The molecule has 0 unspecified atom stereocenters. The summed E-state index contributed by atoms with van der Waals surface area (Å²) in [5.41, 5.74) is 7.88. The van der Waals surface area contributed by atoms with Crippen LogP contribution in [0, 0.1) is 0 Å². The van der Waals surface area contributed by atoms with Crippen LogP contribution in [0.2, 0.25) is 0 Å². The van der Waals surface area contributed by atoms with Gasteiger partial charge in [-0.25, -0.2) is 0 Å². The third kappa shape index (κ3) is 3.83. The van der Waals surface area contributed by atoms with Gasteiger partial charge in [0.15, 0.2) is 0 Å². The maximum Gasteiger partial charge on any atom is 0.243 e. The number of anilines is 1. The molecule has 0 aliphatic heterocycles. The normalized spacial score (nSPS) is 11.8. The minimum absolute atomic E-state index is 0.107. The molecule has 0 spiro atoms. The monoisotopic (exact) mass is 284 g/mol. The number of carbonyl (C=O) groups excluding carboxylic acids is 1. The number of benzene rings is 2. The van der Waals surface area contributed by atoms with E-state index in [1.54, 1.807) is 19.1 Å². The number of carbonyl (C=O) groups is 1. The number of ether oxygens (including phenoxy) is 1. The number of hydrogen-bond donors (Lipinski definition) is 1. The Morgan fingerprint density at radius 1 is 1.14 bits per heavy atom. The molecule has 1 atom stereocenters. The summed E-state index contributed by atoms with van der Waals surface area (Å²) in [6.07, 6.45) is 0.528. The van der Waals surface area contributed by atoms with Crippen LogP contribution in [0.3, 0.4) is 0 Å². The molecule has 0 heterocycles. The smallest absolute Gasteiger partial charge is 0.243 e. The van der Waals surface area contributed by atoms with Gasteiger partial charge in [-0.15, -0.1) is 0 Å². The lowest BCUT2D eigenvalue weighted by Crippen LogP contribution is -2.43. The molecular weight excluding hydrogens is 264 g/mol. The Kier molecular flexibility index (Phi) is 4.95. The standard InChI is InChI=1S/C17H20N2O2/c1-19(14-8-10-15(21-2)11-9-14)17(20)16(18)12-13-6-4-3-5-7-13/h3-11,16H,12,18H2,1-2H3/t16-/m0/s1. The van der Waals surface area contributed by atoms with Crippen LogP contribution in [0.25, 0.3) is 0 Å². The van der Waals surface area contributed by atoms with E-state index in [4.69, 9.17) is 10.5 Å². The number of methoxy groups -OCH3 is 1. The molecule has 0 saturated carbocycles. The van der Waals surface area contributed by atoms with E-state index in [-0.39, 0.29) is 5.91 Å². The number of amides is 1. The number of likely N-dealkylation sites (N-methyl/N-ethyl adjacent to an activating group) is 1. The van der Waals surface area contributed by atoms with E-state index in [1.807, 2.05) is 54.6 Å². The Bertz CT molecular complexity index is 581. The molecule has 110 valence electrons. The van der Waals surface area contributed by atoms with Crippen LogP contribution < -0.4 is 15.4 Å². The molecule has 0 aliphatic rings. The van der Waals surface area contributed by atoms with Crippen molar-refractivity contribution in [1.82, 2.24) is 0 Å². The molecule has 0 aromatic heterocycles. The summed E-state index contributed by atoms with van der Waals surface area (Å²) >= 11 is 0. The zero-order valence-corrected chi connectivity index (χ0v) is 12.3. The molecule has 0 saturated heterocycles. The SMILES string of the molecule is COc1ccc(N(C)C(=O)[C@@H](N)Cc2ccccc2)cc1. The van der Waals surface area contributed by atoms with Crippen LogP contribution in [-0.4, -0.2) is 26.1 Å². The Morgan fingerprint density at radius 2 is 1.76 bits per heavy atom. The second-order valence-electron chi connectivity index (χ2n) is 4.89. The molecule has 2 aromatic rings. The fourth-order valence-corrected chi connectivity index (χ4v) is 2.14. The van der Waals surface area contributed by atoms with Crippen molar-refractivity contribution < 1.29 is 9.53 Å². The van der Waals surface area contributed by atoms with Crippen LogP contribution in [0.1, 0.15) is 5.56 Å². The molecule has 0 bridgehead atoms. The summed E-state index contributed by atoms with van der Waals surface area (Å²) in [6.45, 7) is 0. The zero-order valence-electron chi connectivity index (χ0n) is 12.3. The number of nitrogens with zero attached hydrogens (tertiary/aromatic N) is 1. The van der Waals surface area contributed by atoms with Crippen LogP contribution in [0.5, 0.6) is 5.75 Å². The van der Waals surface area contributed by atoms with E-state index in [1.165, 1.54) is 0 Å². The van der Waals surface area contributed by atoms with E-state index in [9.17, 15) is 4.79 Å². The molecular formula is C17H20N2O2. The first-order chi connectivity index (χ1) is 10.1. The summed E-state index contributed by atoms with van der Waals surface area (Å²) in [4.78, 5) is 13.9. The molecule has 21 heavy (non-hydrogen) atoms. The van der Waals surface area contributed by atoms with Gasteiger partial charge in [-0.3, -0.25) is 4.79 Å². The van der Waals surface area contributed by atoms with Gasteiger partial charge in [-0.2, -0.15) is 0 Å². The Morgan fingerprint density at radius 3 is 2.33 bits per heavy atom. The summed E-state index contributed by atoms with van der Waals surface area (Å²) < 4.78 is 5.11. The lowest BCUT2D eigenvalue weighted by atomic mass is 10.1. The van der Waals surface area contributed by atoms with Gasteiger partial charge in [0.1, 0.15) is 5.75 Å². The fraction of sp³-hybridized carbons (Fsp3) is 0.235. The van der Waals surface area contributed by atoms with Crippen molar-refractivity contribution in [2.45, 2.75) is 12.5 Å². The highest BCUT2D eigenvalue weighted by Crippen LogP contribution is 2.19. The van der Waals surface area contributed by atoms with Gasteiger partial charge in [0, 0.05) is 12.7 Å². The Balaban J connectivity index is 2.03. The van der Waals surface area contributed by atoms with Crippen molar-refractivity contribution in [2.24, 2.45) is 5.73 Å². The van der Waals surface area contributed by atoms with E-state index < -0.39 is 6.04 Å². The number of rotatable bonds is 5. The number of nitrogens with two attached hydrogens (primary N) is 1. The summed E-state index contributed by atoms with van der Waals surface area (Å²) in [5, 5.41) is 0. The van der Waals surface area contributed by atoms with E-state index in [2.05, 4.69) is 0 Å². The minimum Gasteiger partial charge on any atom is -0.497 e. The van der Waals surface area contributed by atoms with Crippen molar-refractivity contribution in [3.8, 4) is 5.75 Å². The van der Waals surface area contributed by atoms with Gasteiger partial charge in [-0.1, -0.05) is 30.3 Å².